The van der Waals surface area contributed by atoms with Crippen LogP contribution < -0.4 is 10.6 Å². The van der Waals surface area contributed by atoms with Crippen molar-refractivity contribution in [3.63, 3.8) is 0 Å². The van der Waals surface area contributed by atoms with Crippen LogP contribution in [0.3, 0.4) is 0 Å². The van der Waals surface area contributed by atoms with Gasteiger partial charge in [0.1, 0.15) is 0 Å². The summed E-state index contributed by atoms with van der Waals surface area (Å²) < 4.78 is 39.2. The Hall–Kier alpha value is -2.35. The fourth-order valence-electron chi connectivity index (χ4n) is 1.92. The quantitative estimate of drug-likeness (QED) is 0.837. The maximum absolute atomic E-state index is 13.1. The second kappa shape index (κ2) is 6.87. The largest absolute Gasteiger partial charge is 0.418 e. The highest BCUT2D eigenvalue weighted by Crippen LogP contribution is 2.37. The van der Waals surface area contributed by atoms with Gasteiger partial charge in [0.15, 0.2) is 11.5 Å². The lowest BCUT2D eigenvalue weighted by Crippen LogP contribution is -2.41. The Morgan fingerprint density at radius 3 is 2.28 bits per heavy atom. The van der Waals surface area contributed by atoms with E-state index >= 15 is 0 Å². The van der Waals surface area contributed by atoms with E-state index in [-0.39, 0.29) is 22.2 Å². The number of nitrogens with zero attached hydrogens (tertiary/aromatic N) is 2. The van der Waals surface area contributed by atoms with Crippen molar-refractivity contribution in [1.29, 1.82) is 0 Å². The van der Waals surface area contributed by atoms with Crippen molar-refractivity contribution in [2.75, 3.05) is 5.32 Å². The van der Waals surface area contributed by atoms with Crippen molar-refractivity contribution in [1.82, 2.24) is 15.5 Å². The molecule has 0 aliphatic rings. The number of benzene rings is 1. The molecule has 0 spiro atoms. The van der Waals surface area contributed by atoms with E-state index in [0.717, 1.165) is 6.07 Å². The van der Waals surface area contributed by atoms with Crippen LogP contribution in [-0.2, 0) is 6.18 Å². The van der Waals surface area contributed by atoms with Crippen LogP contribution in [0.4, 0.5) is 24.7 Å². The Bertz CT molecular complexity index is 770. The van der Waals surface area contributed by atoms with Crippen LogP contribution in [0.2, 0.25) is 5.02 Å². The first-order chi connectivity index (χ1) is 11.5. The molecule has 0 aliphatic heterocycles. The molecule has 25 heavy (non-hydrogen) atoms. The molecule has 1 amide bonds. The van der Waals surface area contributed by atoms with E-state index in [1.54, 1.807) is 0 Å². The maximum atomic E-state index is 13.1. The number of amides is 1. The molecule has 1 aromatic heterocycles. The predicted molar refractivity (Wildman–Crippen MR) is 89.0 cm³/mol. The fourth-order valence-corrected chi connectivity index (χ4v) is 2.09. The first-order valence-electron chi connectivity index (χ1n) is 7.26. The fraction of sp³-hybridized carbons (Fsp3) is 0.312. The minimum absolute atomic E-state index is 0.0295. The molecule has 134 valence electrons. The average molecular weight is 373 g/mol. The Kier molecular flexibility index (Phi) is 5.22. The van der Waals surface area contributed by atoms with Gasteiger partial charge in [0.05, 0.1) is 11.3 Å². The normalized spacial score (nSPS) is 12.0. The van der Waals surface area contributed by atoms with Crippen LogP contribution in [0.15, 0.2) is 30.3 Å². The van der Waals surface area contributed by atoms with Crippen LogP contribution in [0.1, 0.15) is 36.8 Å². The molecule has 2 N–H and O–H groups in total. The zero-order valence-electron chi connectivity index (χ0n) is 13.7. The second-order valence-electron chi connectivity index (χ2n) is 6.32. The number of rotatable bonds is 3. The van der Waals surface area contributed by atoms with E-state index in [1.165, 1.54) is 24.3 Å². The number of hydrogen-bond acceptors (Lipinski definition) is 4. The lowest BCUT2D eigenvalue weighted by Gasteiger charge is -2.20. The predicted octanol–water partition coefficient (Wildman–Crippen LogP) is 4.42. The molecule has 0 saturated carbocycles. The molecular weight excluding hydrogens is 357 g/mol. The summed E-state index contributed by atoms with van der Waals surface area (Å²) >= 11 is 5.63. The van der Waals surface area contributed by atoms with Gasteiger partial charge in [-0.1, -0.05) is 11.6 Å². The molecule has 0 saturated heterocycles. The molecule has 5 nitrogen and oxygen atoms in total. The van der Waals surface area contributed by atoms with Gasteiger partial charge in [-0.2, -0.15) is 13.2 Å². The van der Waals surface area contributed by atoms with Gasteiger partial charge in [-0.15, -0.1) is 10.2 Å². The first kappa shape index (κ1) is 19.0. The van der Waals surface area contributed by atoms with Gasteiger partial charge in [0.2, 0.25) is 0 Å². The van der Waals surface area contributed by atoms with Gasteiger partial charge in [0.25, 0.3) is 5.91 Å². The molecule has 0 radical (unpaired) electrons. The van der Waals surface area contributed by atoms with Crippen molar-refractivity contribution in [2.45, 2.75) is 32.5 Å². The highest BCUT2D eigenvalue weighted by Gasteiger charge is 2.34. The summed E-state index contributed by atoms with van der Waals surface area (Å²) in [6.07, 6.45) is -4.58. The molecule has 1 heterocycles. The summed E-state index contributed by atoms with van der Waals surface area (Å²) in [5.41, 5.74) is -1.51. The van der Waals surface area contributed by atoms with Crippen molar-refractivity contribution in [3.05, 3.63) is 46.6 Å². The summed E-state index contributed by atoms with van der Waals surface area (Å²) in [5.74, 6) is -0.353. The molecule has 2 aromatic rings. The Labute approximate surface area is 147 Å². The Morgan fingerprint density at radius 2 is 1.76 bits per heavy atom. The van der Waals surface area contributed by atoms with Gasteiger partial charge in [-0.05, 0) is 51.1 Å². The number of nitrogens with one attached hydrogen (secondary N) is 2. The third-order valence-corrected chi connectivity index (χ3v) is 3.17. The number of aromatic nitrogens is 2. The summed E-state index contributed by atoms with van der Waals surface area (Å²) in [6, 6.07) is 6.10. The second-order valence-corrected chi connectivity index (χ2v) is 6.76. The van der Waals surface area contributed by atoms with E-state index in [9.17, 15) is 18.0 Å². The zero-order chi connectivity index (χ0) is 18.8. The first-order valence-corrected chi connectivity index (χ1v) is 7.63. The van der Waals surface area contributed by atoms with Crippen molar-refractivity contribution in [3.8, 4) is 0 Å². The number of alkyl halides is 3. The molecule has 0 aliphatic carbocycles. The standard InChI is InChI=1S/C16H16ClF3N4O/c1-15(2,3)22-14(25)12-6-7-13(24-23-12)21-11-5-4-9(17)8-10(11)16(18,19)20/h4-8H,1-3H3,(H,21,24)(H,22,25). The molecular formula is C16H16ClF3N4O. The summed E-state index contributed by atoms with van der Waals surface area (Å²) in [6.45, 7) is 5.44. The van der Waals surface area contributed by atoms with Crippen LogP contribution >= 0.6 is 11.6 Å². The third kappa shape index (κ3) is 5.32. The van der Waals surface area contributed by atoms with Gasteiger partial charge < -0.3 is 10.6 Å². The lowest BCUT2D eigenvalue weighted by atomic mass is 10.1. The van der Waals surface area contributed by atoms with Crippen LogP contribution in [-0.4, -0.2) is 21.6 Å². The Morgan fingerprint density at radius 1 is 1.08 bits per heavy atom. The molecule has 0 bridgehead atoms. The van der Waals surface area contributed by atoms with E-state index in [4.69, 9.17) is 11.6 Å². The number of anilines is 2. The van der Waals surface area contributed by atoms with Crippen molar-refractivity contribution >= 4 is 29.0 Å². The van der Waals surface area contributed by atoms with Crippen LogP contribution in [0.5, 0.6) is 0 Å². The Balaban J connectivity index is 2.21. The van der Waals surface area contributed by atoms with Crippen LogP contribution in [0.25, 0.3) is 0 Å². The molecule has 2 rings (SSSR count). The lowest BCUT2D eigenvalue weighted by molar-refractivity contribution is -0.136. The topological polar surface area (TPSA) is 66.9 Å². The van der Waals surface area contributed by atoms with E-state index < -0.39 is 23.2 Å². The average Bonchev–Trinajstić information content (AvgIpc) is 2.47. The van der Waals surface area contributed by atoms with E-state index in [0.29, 0.717) is 0 Å². The van der Waals surface area contributed by atoms with Crippen molar-refractivity contribution in [2.24, 2.45) is 0 Å². The monoisotopic (exact) mass is 372 g/mol. The summed E-state index contributed by atoms with van der Waals surface area (Å²) in [7, 11) is 0. The smallest absolute Gasteiger partial charge is 0.346 e. The number of hydrogen-bond donors (Lipinski definition) is 2. The molecule has 0 unspecified atom stereocenters. The minimum Gasteiger partial charge on any atom is -0.346 e. The molecule has 0 fully saturated rings. The number of halogens is 4. The van der Waals surface area contributed by atoms with Crippen LogP contribution in [0, 0.1) is 0 Å². The van der Waals surface area contributed by atoms with Gasteiger partial charge in [0, 0.05) is 10.6 Å². The van der Waals surface area contributed by atoms with E-state index in [1.807, 2.05) is 20.8 Å². The third-order valence-electron chi connectivity index (χ3n) is 2.94. The number of carbonyl (C=O) groups excluding carboxylic acids is 1. The van der Waals surface area contributed by atoms with Gasteiger partial charge in [-0.3, -0.25) is 4.79 Å². The molecule has 1 aromatic carbocycles. The highest BCUT2D eigenvalue weighted by atomic mass is 35.5. The number of carbonyl (C=O) groups is 1. The SMILES string of the molecule is CC(C)(C)NC(=O)c1ccc(Nc2ccc(Cl)cc2C(F)(F)F)nn1. The highest BCUT2D eigenvalue weighted by molar-refractivity contribution is 6.30. The van der Waals surface area contributed by atoms with Crippen molar-refractivity contribution < 1.29 is 18.0 Å². The maximum Gasteiger partial charge on any atom is 0.418 e. The summed E-state index contributed by atoms with van der Waals surface area (Å²) in [5, 5.41) is 12.7. The minimum atomic E-state index is -4.58. The zero-order valence-corrected chi connectivity index (χ0v) is 14.5. The summed E-state index contributed by atoms with van der Waals surface area (Å²) in [4.78, 5) is 12.0. The molecule has 0 atom stereocenters. The van der Waals surface area contributed by atoms with Gasteiger partial charge >= 0.3 is 6.18 Å². The van der Waals surface area contributed by atoms with Gasteiger partial charge in [-0.25, -0.2) is 0 Å². The van der Waals surface area contributed by atoms with E-state index in [2.05, 4.69) is 20.8 Å². The molecule has 9 heteroatoms.